The van der Waals surface area contributed by atoms with Crippen LogP contribution in [0.4, 0.5) is 0 Å². The van der Waals surface area contributed by atoms with Crippen LogP contribution in [0.5, 0.6) is 0 Å². The fourth-order valence-corrected chi connectivity index (χ4v) is 3.90. The van der Waals surface area contributed by atoms with Crippen molar-refractivity contribution in [1.82, 2.24) is 0 Å². The van der Waals surface area contributed by atoms with Crippen molar-refractivity contribution in [3.8, 4) is 0 Å². The average Bonchev–Trinajstić information content (AvgIpc) is 2.60. The molecule has 0 amide bonds. The number of aldehydes is 1. The summed E-state index contributed by atoms with van der Waals surface area (Å²) in [5, 5.41) is 0.0408. The maximum atomic E-state index is 12.7. The predicted octanol–water partition coefficient (Wildman–Crippen LogP) is 5.41. The van der Waals surface area contributed by atoms with Gasteiger partial charge in [0.15, 0.2) is 8.32 Å². The Morgan fingerprint density at radius 2 is 1.68 bits per heavy atom. The van der Waals surface area contributed by atoms with Crippen LogP contribution < -0.4 is 0 Å². The summed E-state index contributed by atoms with van der Waals surface area (Å²) in [6.07, 6.45) is 0.701. The van der Waals surface area contributed by atoms with Crippen LogP contribution in [0.1, 0.15) is 53.5 Å². The molecule has 0 N–H and O–H groups in total. The zero-order valence-corrected chi connectivity index (χ0v) is 19.9. The molecule has 0 heterocycles. The standard InChI is InChI=1S/C23H38O4Si/c1-18(15-26-16-19-12-10-9-11-13-19)20(14-21(25)23(5,6)17-24)27-28(7,8)22(2,3)4/h9-13,17-18,20H,14-16H2,1-8H3/t18-,20?/m0/s1. The zero-order chi connectivity index (χ0) is 21.6. The van der Waals surface area contributed by atoms with Gasteiger partial charge in [0.05, 0.1) is 24.7 Å². The largest absolute Gasteiger partial charge is 0.413 e. The van der Waals surface area contributed by atoms with E-state index in [4.69, 9.17) is 9.16 Å². The van der Waals surface area contributed by atoms with E-state index in [9.17, 15) is 9.59 Å². The van der Waals surface area contributed by atoms with Crippen molar-refractivity contribution in [3.05, 3.63) is 35.9 Å². The van der Waals surface area contributed by atoms with Gasteiger partial charge in [-0.15, -0.1) is 0 Å². The number of carbonyl (C=O) groups is 2. The molecule has 0 spiro atoms. The normalized spacial score (nSPS) is 15.1. The maximum Gasteiger partial charge on any atom is 0.192 e. The van der Waals surface area contributed by atoms with Crippen LogP contribution in [0, 0.1) is 11.3 Å². The van der Waals surface area contributed by atoms with E-state index in [2.05, 4.69) is 40.8 Å². The molecule has 0 fully saturated rings. The smallest absolute Gasteiger partial charge is 0.192 e. The summed E-state index contributed by atoms with van der Waals surface area (Å²) in [7, 11) is -2.07. The highest BCUT2D eigenvalue weighted by Gasteiger charge is 2.41. The summed E-state index contributed by atoms with van der Waals surface area (Å²) >= 11 is 0. The van der Waals surface area contributed by atoms with E-state index >= 15 is 0 Å². The minimum atomic E-state index is -2.07. The lowest BCUT2D eigenvalue weighted by Crippen LogP contribution is -2.47. The van der Waals surface area contributed by atoms with Gasteiger partial charge in [-0.05, 0) is 37.5 Å². The van der Waals surface area contributed by atoms with Crippen molar-refractivity contribution in [2.75, 3.05) is 6.61 Å². The summed E-state index contributed by atoms with van der Waals surface area (Å²) in [5.41, 5.74) is 0.134. The fourth-order valence-electron chi connectivity index (χ4n) is 2.47. The van der Waals surface area contributed by atoms with Crippen molar-refractivity contribution >= 4 is 20.4 Å². The zero-order valence-electron chi connectivity index (χ0n) is 18.9. The highest BCUT2D eigenvalue weighted by molar-refractivity contribution is 6.74. The second-order valence-corrected chi connectivity index (χ2v) is 14.6. The van der Waals surface area contributed by atoms with Crippen LogP contribution in [-0.2, 0) is 25.4 Å². The second kappa shape index (κ2) is 9.95. The van der Waals surface area contributed by atoms with Crippen LogP contribution in [0.2, 0.25) is 18.1 Å². The number of hydrogen-bond acceptors (Lipinski definition) is 4. The molecule has 0 saturated heterocycles. The highest BCUT2D eigenvalue weighted by Crippen LogP contribution is 2.39. The summed E-state index contributed by atoms with van der Waals surface area (Å²) in [4.78, 5) is 24.0. The van der Waals surface area contributed by atoms with E-state index < -0.39 is 13.7 Å². The van der Waals surface area contributed by atoms with Crippen LogP contribution >= 0.6 is 0 Å². The minimum Gasteiger partial charge on any atom is -0.413 e. The monoisotopic (exact) mass is 406 g/mol. The highest BCUT2D eigenvalue weighted by atomic mass is 28.4. The SMILES string of the molecule is C[C@@H](COCc1ccccc1)C(CC(=O)C(C)(C)C=O)O[Si](C)(C)C(C)(C)C. The third-order valence-corrected chi connectivity index (χ3v) is 10.3. The van der Waals surface area contributed by atoms with Gasteiger partial charge < -0.3 is 14.0 Å². The van der Waals surface area contributed by atoms with E-state index in [-0.39, 0.29) is 29.3 Å². The maximum absolute atomic E-state index is 12.7. The van der Waals surface area contributed by atoms with Gasteiger partial charge in [0.2, 0.25) is 0 Å². The molecule has 2 atom stereocenters. The molecule has 4 nitrogen and oxygen atoms in total. The van der Waals surface area contributed by atoms with Crippen LogP contribution in [-0.4, -0.2) is 33.1 Å². The molecule has 0 aromatic heterocycles. The first kappa shape index (κ1) is 24.7. The van der Waals surface area contributed by atoms with Gasteiger partial charge in [-0.2, -0.15) is 0 Å². The summed E-state index contributed by atoms with van der Waals surface area (Å²) in [6.45, 7) is 17.4. The average molecular weight is 407 g/mol. The molecule has 158 valence electrons. The molecule has 0 bridgehead atoms. The first-order chi connectivity index (χ1) is 12.8. The number of ketones is 1. The van der Waals surface area contributed by atoms with Crippen LogP contribution in [0.15, 0.2) is 30.3 Å². The molecule has 0 aliphatic carbocycles. The van der Waals surface area contributed by atoms with Gasteiger partial charge in [-0.3, -0.25) is 4.79 Å². The Bertz CT molecular complexity index is 632. The Hall–Kier alpha value is -1.30. The van der Waals surface area contributed by atoms with E-state index in [0.717, 1.165) is 11.8 Å². The Morgan fingerprint density at radius 1 is 1.11 bits per heavy atom. The van der Waals surface area contributed by atoms with Crippen molar-refractivity contribution in [2.24, 2.45) is 11.3 Å². The summed E-state index contributed by atoms with van der Waals surface area (Å²) in [5.74, 6) is -0.0367. The molecule has 1 unspecified atom stereocenters. The van der Waals surface area contributed by atoms with Crippen molar-refractivity contribution in [3.63, 3.8) is 0 Å². The van der Waals surface area contributed by atoms with E-state index in [0.29, 0.717) is 13.2 Å². The number of benzene rings is 1. The quantitative estimate of drug-likeness (QED) is 0.280. The number of rotatable bonds is 11. The summed E-state index contributed by atoms with van der Waals surface area (Å²) < 4.78 is 12.5. The molecular formula is C23H38O4Si. The Morgan fingerprint density at radius 3 is 2.18 bits per heavy atom. The fraction of sp³-hybridized carbons (Fsp3) is 0.652. The molecule has 28 heavy (non-hydrogen) atoms. The molecule has 0 radical (unpaired) electrons. The first-order valence-corrected chi connectivity index (χ1v) is 13.0. The van der Waals surface area contributed by atoms with Crippen molar-refractivity contribution in [1.29, 1.82) is 0 Å². The number of hydrogen-bond donors (Lipinski definition) is 0. The molecule has 5 heteroatoms. The molecular weight excluding hydrogens is 368 g/mol. The first-order valence-electron chi connectivity index (χ1n) is 10.1. The summed E-state index contributed by atoms with van der Waals surface area (Å²) in [6, 6.07) is 10.0. The van der Waals surface area contributed by atoms with Gasteiger partial charge >= 0.3 is 0 Å². The van der Waals surface area contributed by atoms with Gasteiger partial charge in [-0.1, -0.05) is 58.0 Å². The van der Waals surface area contributed by atoms with Crippen LogP contribution in [0.25, 0.3) is 0 Å². The number of ether oxygens (including phenoxy) is 1. The molecule has 0 saturated carbocycles. The molecule has 0 aliphatic heterocycles. The van der Waals surface area contributed by atoms with Gasteiger partial charge in [0.25, 0.3) is 0 Å². The molecule has 1 rings (SSSR count). The Balaban J connectivity index is 2.86. The third kappa shape index (κ3) is 7.26. The van der Waals surface area contributed by atoms with Crippen molar-refractivity contribution < 1.29 is 18.8 Å². The van der Waals surface area contributed by atoms with E-state index in [1.54, 1.807) is 13.8 Å². The number of Topliss-reactive ketones (excluding diaryl/α,β-unsaturated/α-hetero) is 1. The topological polar surface area (TPSA) is 52.6 Å². The molecule has 1 aromatic carbocycles. The molecule has 1 aromatic rings. The lowest BCUT2D eigenvalue weighted by molar-refractivity contribution is -0.134. The van der Waals surface area contributed by atoms with E-state index in [1.165, 1.54) is 0 Å². The Labute approximate surface area is 172 Å². The number of carbonyl (C=O) groups excluding carboxylic acids is 2. The lowest BCUT2D eigenvalue weighted by atomic mass is 9.85. The Kier molecular flexibility index (Phi) is 8.79. The molecule has 0 aliphatic rings. The lowest BCUT2D eigenvalue weighted by Gasteiger charge is -2.41. The second-order valence-electron chi connectivity index (χ2n) is 9.86. The van der Waals surface area contributed by atoms with Gasteiger partial charge in [0.1, 0.15) is 12.1 Å². The minimum absolute atomic E-state index is 0.0408. The van der Waals surface area contributed by atoms with Crippen molar-refractivity contribution in [2.45, 2.75) is 78.8 Å². The van der Waals surface area contributed by atoms with Gasteiger partial charge in [-0.25, -0.2) is 0 Å². The van der Waals surface area contributed by atoms with E-state index in [1.807, 2.05) is 30.3 Å². The van der Waals surface area contributed by atoms with Gasteiger partial charge in [0, 0.05) is 12.3 Å². The predicted molar refractivity (Wildman–Crippen MR) is 117 cm³/mol. The van der Waals surface area contributed by atoms with Crippen LogP contribution in [0.3, 0.4) is 0 Å². The third-order valence-electron chi connectivity index (χ3n) is 5.78.